The standard InChI is InChI=1S/C24H26NO2/c1-3-7-20(8-4-1)17-25-13-11-23(12-14-25)27-24-15-22(16-24)19-26-18-21-9-5-2-6-10-21/h1-14,22,24H,15-19H2/q+1. The summed E-state index contributed by atoms with van der Waals surface area (Å²) in [6, 6.07) is 24.9. The zero-order chi connectivity index (χ0) is 18.3. The van der Waals surface area contributed by atoms with Crippen LogP contribution >= 0.6 is 0 Å². The molecule has 27 heavy (non-hydrogen) atoms. The van der Waals surface area contributed by atoms with Crippen molar-refractivity contribution in [2.45, 2.75) is 32.1 Å². The first kappa shape index (κ1) is 17.7. The van der Waals surface area contributed by atoms with Gasteiger partial charge in [0.2, 0.25) is 0 Å². The van der Waals surface area contributed by atoms with Crippen molar-refractivity contribution in [1.29, 1.82) is 0 Å². The molecule has 0 bridgehead atoms. The summed E-state index contributed by atoms with van der Waals surface area (Å²) in [5, 5.41) is 0. The molecule has 0 radical (unpaired) electrons. The maximum Gasteiger partial charge on any atom is 0.173 e. The third kappa shape index (κ3) is 5.18. The molecular formula is C24H26NO2+. The summed E-state index contributed by atoms with van der Waals surface area (Å²) >= 11 is 0. The molecule has 3 aromatic rings. The zero-order valence-corrected chi connectivity index (χ0v) is 15.5. The number of hydrogen-bond acceptors (Lipinski definition) is 2. The fraction of sp³-hybridized carbons (Fsp3) is 0.292. The average Bonchev–Trinajstić information content (AvgIpc) is 2.69. The summed E-state index contributed by atoms with van der Waals surface area (Å²) in [5.41, 5.74) is 2.53. The Kier molecular flexibility index (Phi) is 5.80. The van der Waals surface area contributed by atoms with Crippen LogP contribution in [0.3, 0.4) is 0 Å². The first-order valence-corrected chi connectivity index (χ1v) is 9.66. The van der Waals surface area contributed by atoms with Gasteiger partial charge >= 0.3 is 0 Å². The van der Waals surface area contributed by atoms with Crippen LogP contribution in [0.25, 0.3) is 0 Å². The number of benzene rings is 2. The predicted molar refractivity (Wildman–Crippen MR) is 105 cm³/mol. The molecule has 3 heteroatoms. The molecule has 0 amide bonds. The van der Waals surface area contributed by atoms with Gasteiger partial charge in [0.15, 0.2) is 18.9 Å². The molecule has 0 atom stereocenters. The van der Waals surface area contributed by atoms with Gasteiger partial charge in [-0.1, -0.05) is 60.7 Å². The van der Waals surface area contributed by atoms with E-state index in [0.29, 0.717) is 18.6 Å². The minimum Gasteiger partial charge on any atom is -0.490 e. The maximum atomic E-state index is 6.08. The van der Waals surface area contributed by atoms with Gasteiger partial charge in [0.25, 0.3) is 0 Å². The molecular weight excluding hydrogens is 334 g/mol. The van der Waals surface area contributed by atoms with Crippen molar-refractivity contribution < 1.29 is 14.0 Å². The summed E-state index contributed by atoms with van der Waals surface area (Å²) in [6.45, 7) is 2.40. The lowest BCUT2D eigenvalue weighted by molar-refractivity contribution is -0.688. The minimum atomic E-state index is 0.320. The molecule has 1 aromatic heterocycles. The lowest BCUT2D eigenvalue weighted by atomic mass is 9.83. The molecule has 1 aliphatic rings. The number of rotatable bonds is 8. The van der Waals surface area contributed by atoms with Crippen LogP contribution in [0, 0.1) is 5.92 Å². The Morgan fingerprint density at radius 3 is 2.07 bits per heavy atom. The molecule has 0 unspecified atom stereocenters. The Labute approximate surface area is 161 Å². The van der Waals surface area contributed by atoms with E-state index in [2.05, 4.69) is 77.6 Å². The van der Waals surface area contributed by atoms with E-state index in [4.69, 9.17) is 9.47 Å². The number of ether oxygens (including phenoxy) is 2. The van der Waals surface area contributed by atoms with E-state index in [-0.39, 0.29) is 0 Å². The largest absolute Gasteiger partial charge is 0.490 e. The van der Waals surface area contributed by atoms with Crippen molar-refractivity contribution in [3.8, 4) is 5.75 Å². The topological polar surface area (TPSA) is 22.3 Å². The SMILES string of the molecule is c1ccc(COCC2CC(Oc3cc[n+](Cc4ccccc4)cc3)C2)cc1. The van der Waals surface area contributed by atoms with Gasteiger partial charge in [0, 0.05) is 17.7 Å². The Morgan fingerprint density at radius 1 is 0.778 bits per heavy atom. The van der Waals surface area contributed by atoms with E-state index in [1.165, 1.54) is 11.1 Å². The van der Waals surface area contributed by atoms with Crippen LogP contribution in [0.5, 0.6) is 5.75 Å². The molecule has 0 aliphatic heterocycles. The van der Waals surface area contributed by atoms with Crippen molar-refractivity contribution >= 4 is 0 Å². The van der Waals surface area contributed by atoms with Gasteiger partial charge in [0.1, 0.15) is 5.75 Å². The van der Waals surface area contributed by atoms with E-state index in [1.807, 2.05) is 12.1 Å². The number of pyridine rings is 1. The first-order chi connectivity index (χ1) is 13.3. The van der Waals surface area contributed by atoms with Gasteiger partial charge in [-0.25, -0.2) is 4.57 Å². The highest BCUT2D eigenvalue weighted by atomic mass is 16.5. The van der Waals surface area contributed by atoms with E-state index < -0.39 is 0 Å². The van der Waals surface area contributed by atoms with Crippen LogP contribution in [0.1, 0.15) is 24.0 Å². The number of hydrogen-bond donors (Lipinski definition) is 0. The summed E-state index contributed by atoms with van der Waals surface area (Å²) in [7, 11) is 0. The van der Waals surface area contributed by atoms with Gasteiger partial charge in [0.05, 0.1) is 19.3 Å². The second-order valence-corrected chi connectivity index (χ2v) is 7.27. The molecule has 3 nitrogen and oxygen atoms in total. The van der Waals surface area contributed by atoms with Gasteiger partial charge < -0.3 is 9.47 Å². The lowest BCUT2D eigenvalue weighted by Crippen LogP contribution is -2.37. The van der Waals surface area contributed by atoms with Crippen LogP contribution in [-0.2, 0) is 17.9 Å². The zero-order valence-electron chi connectivity index (χ0n) is 15.5. The Balaban J connectivity index is 1.16. The van der Waals surface area contributed by atoms with Gasteiger partial charge in [-0.05, 0) is 24.3 Å². The molecule has 0 spiro atoms. The molecule has 0 saturated heterocycles. The molecule has 1 aliphatic carbocycles. The number of aromatic nitrogens is 1. The van der Waals surface area contributed by atoms with Crippen molar-refractivity contribution in [1.82, 2.24) is 0 Å². The molecule has 1 saturated carbocycles. The minimum absolute atomic E-state index is 0.320. The van der Waals surface area contributed by atoms with Crippen LogP contribution in [-0.4, -0.2) is 12.7 Å². The van der Waals surface area contributed by atoms with E-state index in [9.17, 15) is 0 Å². The third-order valence-corrected chi connectivity index (χ3v) is 5.03. The molecule has 1 heterocycles. The Hall–Kier alpha value is -2.65. The lowest BCUT2D eigenvalue weighted by Gasteiger charge is -2.35. The van der Waals surface area contributed by atoms with Crippen LogP contribution < -0.4 is 9.30 Å². The van der Waals surface area contributed by atoms with Crippen molar-refractivity contribution in [2.75, 3.05) is 6.61 Å². The maximum absolute atomic E-state index is 6.08. The van der Waals surface area contributed by atoms with Crippen molar-refractivity contribution in [2.24, 2.45) is 5.92 Å². The van der Waals surface area contributed by atoms with Gasteiger partial charge in [-0.3, -0.25) is 0 Å². The van der Waals surface area contributed by atoms with Gasteiger partial charge in [-0.15, -0.1) is 0 Å². The predicted octanol–water partition coefficient (Wildman–Crippen LogP) is 4.40. The number of nitrogens with zero attached hydrogens (tertiary/aromatic N) is 1. The van der Waals surface area contributed by atoms with Gasteiger partial charge in [-0.2, -0.15) is 0 Å². The molecule has 1 fully saturated rings. The highest BCUT2D eigenvalue weighted by molar-refractivity contribution is 5.17. The monoisotopic (exact) mass is 360 g/mol. The highest BCUT2D eigenvalue weighted by Gasteiger charge is 2.31. The van der Waals surface area contributed by atoms with E-state index >= 15 is 0 Å². The summed E-state index contributed by atoms with van der Waals surface area (Å²) < 4.78 is 14.1. The van der Waals surface area contributed by atoms with Crippen LogP contribution in [0.2, 0.25) is 0 Å². The van der Waals surface area contributed by atoms with Crippen molar-refractivity contribution in [3.63, 3.8) is 0 Å². The smallest absolute Gasteiger partial charge is 0.173 e. The van der Waals surface area contributed by atoms with E-state index in [0.717, 1.165) is 31.7 Å². The molecule has 4 rings (SSSR count). The Bertz CT molecular complexity index is 812. The van der Waals surface area contributed by atoms with E-state index in [1.54, 1.807) is 0 Å². The third-order valence-electron chi connectivity index (χ3n) is 5.03. The summed E-state index contributed by atoms with van der Waals surface area (Å²) in [5.74, 6) is 1.57. The highest BCUT2D eigenvalue weighted by Crippen LogP contribution is 2.31. The summed E-state index contributed by atoms with van der Waals surface area (Å²) in [4.78, 5) is 0. The quantitative estimate of drug-likeness (QED) is 0.556. The average molecular weight is 360 g/mol. The van der Waals surface area contributed by atoms with Crippen LogP contribution in [0.4, 0.5) is 0 Å². The summed E-state index contributed by atoms with van der Waals surface area (Å²) in [6.07, 6.45) is 6.64. The normalized spacial score (nSPS) is 18.7. The first-order valence-electron chi connectivity index (χ1n) is 9.66. The van der Waals surface area contributed by atoms with Crippen molar-refractivity contribution in [3.05, 3.63) is 96.3 Å². The fourth-order valence-electron chi connectivity index (χ4n) is 3.44. The molecule has 138 valence electrons. The van der Waals surface area contributed by atoms with Crippen LogP contribution in [0.15, 0.2) is 85.2 Å². The molecule has 0 N–H and O–H groups in total. The molecule has 2 aromatic carbocycles. The Morgan fingerprint density at radius 2 is 1.41 bits per heavy atom. The second-order valence-electron chi connectivity index (χ2n) is 7.27. The second kappa shape index (κ2) is 8.83. The fourth-order valence-corrected chi connectivity index (χ4v) is 3.44.